The van der Waals surface area contributed by atoms with E-state index in [-0.39, 0.29) is 0 Å². The van der Waals surface area contributed by atoms with Crippen LogP contribution in [0.25, 0.3) is 0 Å². The molecule has 2 aromatic rings. The molecule has 0 aromatic carbocycles. The van der Waals surface area contributed by atoms with Gasteiger partial charge in [0.2, 0.25) is 0 Å². The molecule has 0 aliphatic heterocycles. The van der Waals surface area contributed by atoms with Crippen molar-refractivity contribution in [2.24, 2.45) is 0 Å². The normalized spacial score (nSPS) is 10.3. The largest absolute Gasteiger partial charge is 0.365 e. The number of nitrogens with zero attached hydrogens (tertiary/aromatic N) is 2. The highest BCUT2D eigenvalue weighted by molar-refractivity contribution is 7.15. The lowest BCUT2D eigenvalue weighted by atomic mass is 10.1. The molecule has 2 heterocycles. The van der Waals surface area contributed by atoms with Crippen LogP contribution in [-0.2, 0) is 6.42 Å². The van der Waals surface area contributed by atoms with Gasteiger partial charge in [0.1, 0.15) is 0 Å². The van der Waals surface area contributed by atoms with Gasteiger partial charge in [0.15, 0.2) is 5.13 Å². The summed E-state index contributed by atoms with van der Waals surface area (Å²) < 4.78 is 0. The summed E-state index contributed by atoms with van der Waals surface area (Å²) in [6, 6.07) is 4.05. The molecule has 3 nitrogen and oxygen atoms in total. The van der Waals surface area contributed by atoms with Gasteiger partial charge in [-0.1, -0.05) is 0 Å². The maximum Gasteiger partial charge on any atom is 0.182 e. The number of hydrogen-bond acceptors (Lipinski definition) is 4. The SMILES string of the molecule is CNc1nc(Cc2ccncc2)c(C)s1. The van der Waals surface area contributed by atoms with E-state index in [1.165, 1.54) is 10.4 Å². The van der Waals surface area contributed by atoms with Gasteiger partial charge in [-0.25, -0.2) is 4.98 Å². The number of anilines is 1. The molecule has 0 spiro atoms. The Morgan fingerprint density at radius 3 is 2.67 bits per heavy atom. The van der Waals surface area contributed by atoms with Crippen molar-refractivity contribution < 1.29 is 0 Å². The average Bonchev–Trinajstić information content (AvgIpc) is 2.61. The summed E-state index contributed by atoms with van der Waals surface area (Å²) in [5.74, 6) is 0. The van der Waals surface area contributed by atoms with Crippen molar-refractivity contribution in [1.82, 2.24) is 9.97 Å². The maximum atomic E-state index is 4.51. The van der Waals surface area contributed by atoms with Crippen LogP contribution in [0.4, 0.5) is 5.13 Å². The van der Waals surface area contributed by atoms with E-state index >= 15 is 0 Å². The molecular formula is C11H13N3S. The van der Waals surface area contributed by atoms with Crippen LogP contribution in [0.3, 0.4) is 0 Å². The molecule has 2 rings (SSSR count). The van der Waals surface area contributed by atoms with Crippen LogP contribution in [0.15, 0.2) is 24.5 Å². The Labute approximate surface area is 93.2 Å². The van der Waals surface area contributed by atoms with Gasteiger partial charge in [0, 0.05) is 30.7 Å². The number of thiazole rings is 1. The average molecular weight is 219 g/mol. The molecular weight excluding hydrogens is 206 g/mol. The number of nitrogens with one attached hydrogen (secondary N) is 1. The molecule has 0 saturated carbocycles. The zero-order valence-corrected chi connectivity index (χ0v) is 9.64. The van der Waals surface area contributed by atoms with Gasteiger partial charge < -0.3 is 5.32 Å². The van der Waals surface area contributed by atoms with Crippen LogP contribution in [-0.4, -0.2) is 17.0 Å². The first kappa shape index (κ1) is 10.1. The lowest BCUT2D eigenvalue weighted by Gasteiger charge is -1.97. The second-order valence-corrected chi connectivity index (χ2v) is 4.51. The minimum absolute atomic E-state index is 0.881. The number of pyridine rings is 1. The second kappa shape index (κ2) is 4.40. The van der Waals surface area contributed by atoms with E-state index in [0.717, 1.165) is 17.2 Å². The summed E-state index contributed by atoms with van der Waals surface area (Å²) in [6.07, 6.45) is 4.51. The van der Waals surface area contributed by atoms with Gasteiger partial charge in [0.05, 0.1) is 5.69 Å². The zero-order valence-electron chi connectivity index (χ0n) is 8.82. The molecule has 0 fully saturated rings. The predicted molar refractivity (Wildman–Crippen MR) is 63.4 cm³/mol. The molecule has 0 radical (unpaired) electrons. The predicted octanol–water partition coefficient (Wildman–Crippen LogP) is 2.48. The third-order valence-electron chi connectivity index (χ3n) is 2.23. The van der Waals surface area contributed by atoms with Crippen LogP contribution in [0, 0.1) is 6.92 Å². The number of aromatic nitrogens is 2. The summed E-state index contributed by atoms with van der Waals surface area (Å²) in [6.45, 7) is 2.11. The fourth-order valence-corrected chi connectivity index (χ4v) is 2.18. The van der Waals surface area contributed by atoms with Crippen molar-refractivity contribution >= 4 is 16.5 Å². The van der Waals surface area contributed by atoms with E-state index in [1.54, 1.807) is 11.3 Å². The number of rotatable bonds is 3. The van der Waals surface area contributed by atoms with Gasteiger partial charge in [0.25, 0.3) is 0 Å². The van der Waals surface area contributed by atoms with Gasteiger partial charge in [-0.15, -0.1) is 11.3 Å². The van der Waals surface area contributed by atoms with Crippen LogP contribution in [0.2, 0.25) is 0 Å². The first-order valence-electron chi connectivity index (χ1n) is 4.82. The fourth-order valence-electron chi connectivity index (χ4n) is 1.39. The van der Waals surface area contributed by atoms with Gasteiger partial charge >= 0.3 is 0 Å². The topological polar surface area (TPSA) is 37.8 Å². The number of hydrogen-bond donors (Lipinski definition) is 1. The summed E-state index contributed by atoms with van der Waals surface area (Å²) in [5.41, 5.74) is 2.40. The highest BCUT2D eigenvalue weighted by Crippen LogP contribution is 2.23. The van der Waals surface area contributed by atoms with E-state index in [4.69, 9.17) is 0 Å². The number of aryl methyl sites for hydroxylation is 1. The van der Waals surface area contributed by atoms with Crippen LogP contribution < -0.4 is 5.32 Å². The van der Waals surface area contributed by atoms with Crippen LogP contribution in [0.1, 0.15) is 16.1 Å². The Morgan fingerprint density at radius 1 is 1.33 bits per heavy atom. The summed E-state index contributed by atoms with van der Waals surface area (Å²) in [7, 11) is 1.90. The summed E-state index contributed by atoms with van der Waals surface area (Å²) in [5, 5.41) is 4.05. The molecule has 0 saturated heterocycles. The van der Waals surface area contributed by atoms with Gasteiger partial charge in [-0.2, -0.15) is 0 Å². The minimum Gasteiger partial charge on any atom is -0.365 e. The lowest BCUT2D eigenvalue weighted by molar-refractivity contribution is 1.07. The van der Waals surface area contributed by atoms with E-state index < -0.39 is 0 Å². The highest BCUT2D eigenvalue weighted by atomic mass is 32.1. The summed E-state index contributed by atoms with van der Waals surface area (Å²) >= 11 is 1.70. The molecule has 0 bridgehead atoms. The van der Waals surface area contributed by atoms with Crippen molar-refractivity contribution in [2.75, 3.05) is 12.4 Å². The Balaban J connectivity index is 2.21. The molecule has 0 atom stereocenters. The standard InChI is InChI=1S/C11H13N3S/c1-8-10(14-11(12-2)15-8)7-9-3-5-13-6-4-9/h3-6H,7H2,1-2H3,(H,12,14). The fraction of sp³-hybridized carbons (Fsp3) is 0.273. The quantitative estimate of drug-likeness (QED) is 0.861. The highest BCUT2D eigenvalue weighted by Gasteiger charge is 2.06. The smallest absolute Gasteiger partial charge is 0.182 e. The molecule has 0 aliphatic rings. The Hall–Kier alpha value is -1.42. The molecule has 2 aromatic heterocycles. The third-order valence-corrected chi connectivity index (χ3v) is 3.26. The maximum absolute atomic E-state index is 4.51. The van der Waals surface area contributed by atoms with Crippen LogP contribution >= 0.6 is 11.3 Å². The van der Waals surface area contributed by atoms with E-state index in [2.05, 4.69) is 22.2 Å². The molecule has 4 heteroatoms. The Kier molecular flexibility index (Phi) is 2.97. The van der Waals surface area contributed by atoms with Crippen molar-refractivity contribution in [1.29, 1.82) is 0 Å². The van der Waals surface area contributed by atoms with Crippen molar-refractivity contribution in [3.8, 4) is 0 Å². The molecule has 0 aliphatic carbocycles. The monoisotopic (exact) mass is 219 g/mol. The van der Waals surface area contributed by atoms with Crippen molar-refractivity contribution in [2.45, 2.75) is 13.3 Å². The Bertz CT molecular complexity index is 436. The van der Waals surface area contributed by atoms with Gasteiger partial charge in [-0.05, 0) is 24.6 Å². The van der Waals surface area contributed by atoms with Crippen molar-refractivity contribution in [3.05, 3.63) is 40.7 Å². The van der Waals surface area contributed by atoms with E-state index in [9.17, 15) is 0 Å². The molecule has 1 N–H and O–H groups in total. The zero-order chi connectivity index (χ0) is 10.7. The molecule has 0 unspecified atom stereocenters. The first-order chi connectivity index (χ1) is 7.29. The molecule has 78 valence electrons. The lowest BCUT2D eigenvalue weighted by Crippen LogP contribution is -1.92. The first-order valence-corrected chi connectivity index (χ1v) is 5.64. The van der Waals surface area contributed by atoms with Crippen molar-refractivity contribution in [3.63, 3.8) is 0 Å². The van der Waals surface area contributed by atoms with E-state index in [0.29, 0.717) is 0 Å². The minimum atomic E-state index is 0.881. The summed E-state index contributed by atoms with van der Waals surface area (Å²) in [4.78, 5) is 9.79. The molecule has 15 heavy (non-hydrogen) atoms. The third kappa shape index (κ3) is 2.33. The second-order valence-electron chi connectivity index (χ2n) is 3.30. The Morgan fingerprint density at radius 2 is 2.07 bits per heavy atom. The van der Waals surface area contributed by atoms with Crippen LogP contribution in [0.5, 0.6) is 0 Å². The van der Waals surface area contributed by atoms with Gasteiger partial charge in [-0.3, -0.25) is 4.98 Å². The van der Waals surface area contributed by atoms with E-state index in [1.807, 2.05) is 31.6 Å². The molecule has 0 amide bonds.